The molecule has 53 heavy (non-hydrogen) atoms. The molecule has 0 unspecified atom stereocenters. The Morgan fingerprint density at radius 2 is 1.81 bits per heavy atom. The number of carbonyl (C=O) groups is 4. The van der Waals surface area contributed by atoms with Crippen LogP contribution in [0.4, 0.5) is 10.5 Å². The van der Waals surface area contributed by atoms with Gasteiger partial charge in [0.2, 0.25) is 11.8 Å². The van der Waals surface area contributed by atoms with E-state index < -0.39 is 41.3 Å². The number of esters is 1. The van der Waals surface area contributed by atoms with Crippen LogP contribution in [0.3, 0.4) is 0 Å². The van der Waals surface area contributed by atoms with Crippen LogP contribution in [0.2, 0.25) is 0 Å². The molecule has 2 aromatic heterocycles. The number of hydrogen-bond acceptors (Lipinski definition) is 10. The molecular weight excluding hydrogens is 680 g/mol. The number of nitrogens with one attached hydrogen (secondary N) is 3. The Morgan fingerprint density at radius 3 is 2.51 bits per heavy atom. The van der Waals surface area contributed by atoms with Crippen LogP contribution in [0.25, 0.3) is 22.3 Å². The number of nitrogens with zero attached hydrogens (tertiary/aromatic N) is 2. The van der Waals surface area contributed by atoms with Crippen LogP contribution >= 0.6 is 0 Å². The largest absolute Gasteiger partial charge is 0.458 e. The maximum absolute atomic E-state index is 13.9. The molecule has 6 rings (SSSR count). The number of aryl methyl sites for hydroxylation is 2. The van der Waals surface area contributed by atoms with E-state index in [1.165, 1.54) is 0 Å². The third-order valence-electron chi connectivity index (χ3n) is 10.4. The number of aliphatic hydroxyl groups is 1. The Bertz CT molecular complexity index is 2050. The first-order chi connectivity index (χ1) is 25.0. The molecule has 0 bridgehead atoms. The Morgan fingerprint density at radius 1 is 1.08 bits per heavy atom. The van der Waals surface area contributed by atoms with E-state index in [0.29, 0.717) is 54.8 Å². The van der Waals surface area contributed by atoms with Gasteiger partial charge in [-0.15, -0.1) is 0 Å². The van der Waals surface area contributed by atoms with Crippen LogP contribution in [-0.4, -0.2) is 62.8 Å². The number of anilines is 1. The summed E-state index contributed by atoms with van der Waals surface area (Å²) in [5.41, 5.74) is 9.23. The number of nitrogens with two attached hydrogens (primary N) is 1. The van der Waals surface area contributed by atoms with E-state index in [0.717, 1.165) is 34.9 Å². The summed E-state index contributed by atoms with van der Waals surface area (Å²) in [6.45, 7) is 11.2. The summed E-state index contributed by atoms with van der Waals surface area (Å²) in [6.07, 6.45) is 3.21. The number of benzene rings is 1. The van der Waals surface area contributed by atoms with Gasteiger partial charge in [0, 0.05) is 28.7 Å². The monoisotopic (exact) mass is 730 g/mol. The normalized spacial score (nSPS) is 18.4. The molecule has 14 heteroatoms. The number of unbranched alkanes of at least 4 members (excludes halogenated alkanes) is 1. The quantitative estimate of drug-likeness (QED) is 0.112. The summed E-state index contributed by atoms with van der Waals surface area (Å²) < 4.78 is 12.1. The lowest BCUT2D eigenvalue weighted by molar-refractivity contribution is -0.172. The third kappa shape index (κ3) is 7.26. The highest BCUT2D eigenvalue weighted by Gasteiger charge is 2.45. The molecule has 0 spiro atoms. The molecule has 1 aromatic carbocycles. The van der Waals surface area contributed by atoms with Gasteiger partial charge in [-0.2, -0.15) is 0 Å². The van der Waals surface area contributed by atoms with E-state index in [-0.39, 0.29) is 48.1 Å². The van der Waals surface area contributed by atoms with E-state index in [4.69, 9.17) is 20.2 Å². The minimum Gasteiger partial charge on any atom is -0.458 e. The zero-order chi connectivity index (χ0) is 38.4. The van der Waals surface area contributed by atoms with Crippen molar-refractivity contribution in [3.63, 3.8) is 0 Å². The molecule has 284 valence electrons. The van der Waals surface area contributed by atoms with Gasteiger partial charge in [0.15, 0.2) is 5.60 Å². The number of amides is 3. The standard InChI is InChI=1S/C39H50N6O8/c1-7-39(51)25-17-29-32-23(18-45(29)35(48)24(25)19-52-36(39)49)21-11-10-12-22-26(14-15-27(42-32)30(21)22)43-33(46)28(44-34(47)31(40)20(2)3)13-8-9-16-41-37(50)53-38(4,5)6/h14-15,17,20,28,31,51H,7-13,16,18-19,40H2,1-6H3,(H,41,50)(H,43,46)(H,44,47)/t28-,31-,39-/m0/s1. The molecule has 0 fully saturated rings. The highest BCUT2D eigenvalue weighted by molar-refractivity contribution is 6.02. The Labute approximate surface area is 308 Å². The number of fused-ring (bicyclic) bond motifs is 5. The van der Waals surface area contributed by atoms with E-state index in [1.807, 2.05) is 26.0 Å². The zero-order valence-electron chi connectivity index (χ0n) is 31.3. The predicted molar refractivity (Wildman–Crippen MR) is 198 cm³/mol. The van der Waals surface area contributed by atoms with Gasteiger partial charge >= 0.3 is 12.1 Å². The molecular formula is C39H50N6O8. The fraction of sp³-hybridized carbons (Fsp3) is 0.538. The number of hydrogen-bond donors (Lipinski definition) is 5. The maximum Gasteiger partial charge on any atom is 0.407 e. The molecule has 0 saturated carbocycles. The van der Waals surface area contributed by atoms with Gasteiger partial charge in [0.05, 0.1) is 35.1 Å². The predicted octanol–water partition coefficient (Wildman–Crippen LogP) is 3.67. The zero-order valence-corrected chi connectivity index (χ0v) is 31.3. The maximum atomic E-state index is 13.9. The minimum atomic E-state index is -1.91. The fourth-order valence-corrected chi connectivity index (χ4v) is 7.47. The first-order valence-corrected chi connectivity index (χ1v) is 18.5. The van der Waals surface area contributed by atoms with Crippen molar-refractivity contribution in [1.29, 1.82) is 0 Å². The SMILES string of the molecule is CC[C@@]1(O)C(=O)OCc2c1cc1n(c2=O)Cc2c-1nc1ccc(NC(=O)[C@H](CCCCNC(=O)OC(C)(C)C)NC(=O)[C@@H](N)C(C)C)c3c1c2CCC3. The number of ether oxygens (including phenoxy) is 2. The molecule has 3 aliphatic rings. The van der Waals surface area contributed by atoms with Crippen LogP contribution in [0.15, 0.2) is 23.0 Å². The van der Waals surface area contributed by atoms with Crippen LogP contribution < -0.4 is 27.2 Å². The Kier molecular flexibility index (Phi) is 10.4. The van der Waals surface area contributed by atoms with Gasteiger partial charge in [0.1, 0.15) is 18.2 Å². The summed E-state index contributed by atoms with van der Waals surface area (Å²) in [4.78, 5) is 70.4. The third-order valence-corrected chi connectivity index (χ3v) is 10.4. The number of cyclic esters (lactones) is 1. The molecule has 4 heterocycles. The van der Waals surface area contributed by atoms with Gasteiger partial charge in [-0.25, -0.2) is 14.6 Å². The molecule has 6 N–H and O–H groups in total. The average molecular weight is 731 g/mol. The lowest BCUT2D eigenvalue weighted by Gasteiger charge is -2.31. The van der Waals surface area contributed by atoms with E-state index in [1.54, 1.807) is 38.3 Å². The van der Waals surface area contributed by atoms with Gasteiger partial charge in [-0.1, -0.05) is 20.8 Å². The molecule has 14 nitrogen and oxygen atoms in total. The minimum absolute atomic E-state index is 0.0587. The van der Waals surface area contributed by atoms with Crippen LogP contribution in [0.5, 0.6) is 0 Å². The van der Waals surface area contributed by atoms with E-state index >= 15 is 0 Å². The van der Waals surface area contributed by atoms with Crippen molar-refractivity contribution in [2.24, 2.45) is 11.7 Å². The Balaban J connectivity index is 1.27. The van der Waals surface area contributed by atoms with Crippen LogP contribution in [0.1, 0.15) is 101 Å². The van der Waals surface area contributed by atoms with E-state index in [9.17, 15) is 29.1 Å². The van der Waals surface area contributed by atoms with E-state index in [2.05, 4.69) is 16.0 Å². The summed E-state index contributed by atoms with van der Waals surface area (Å²) in [6, 6.07) is 3.70. The lowest BCUT2D eigenvalue weighted by Crippen LogP contribution is -2.51. The average Bonchev–Trinajstić information content (AvgIpc) is 3.48. The number of carbonyl (C=O) groups excluding carboxylic acids is 4. The van der Waals surface area contributed by atoms with Crippen molar-refractivity contribution in [2.45, 2.75) is 123 Å². The van der Waals surface area contributed by atoms with Gasteiger partial charge in [0.25, 0.3) is 5.56 Å². The number of aromatic nitrogens is 2. The first kappa shape index (κ1) is 37.9. The summed E-state index contributed by atoms with van der Waals surface area (Å²) >= 11 is 0. The van der Waals surface area contributed by atoms with Crippen molar-refractivity contribution in [2.75, 3.05) is 11.9 Å². The summed E-state index contributed by atoms with van der Waals surface area (Å²) in [5.74, 6) is -1.69. The second kappa shape index (κ2) is 14.5. The summed E-state index contributed by atoms with van der Waals surface area (Å²) in [5, 5.41) is 20.9. The van der Waals surface area contributed by atoms with Gasteiger partial charge < -0.3 is 40.8 Å². The van der Waals surface area contributed by atoms with Crippen molar-refractivity contribution in [1.82, 2.24) is 20.2 Å². The molecule has 0 radical (unpaired) electrons. The first-order valence-electron chi connectivity index (χ1n) is 18.5. The fourth-order valence-electron chi connectivity index (χ4n) is 7.47. The van der Waals surface area contributed by atoms with Gasteiger partial charge in [-0.3, -0.25) is 14.4 Å². The van der Waals surface area contributed by atoms with Crippen molar-refractivity contribution in [3.05, 3.63) is 56.4 Å². The molecule has 3 atom stereocenters. The van der Waals surface area contributed by atoms with Crippen molar-refractivity contribution >= 4 is 40.5 Å². The number of pyridine rings is 2. The van der Waals surface area contributed by atoms with Gasteiger partial charge in [-0.05, 0) is 101 Å². The second-order valence-electron chi connectivity index (χ2n) is 15.6. The number of alkyl carbamates (subject to hydrolysis) is 1. The lowest BCUT2D eigenvalue weighted by atomic mass is 9.85. The van der Waals surface area contributed by atoms with Crippen LogP contribution in [0, 0.1) is 5.92 Å². The van der Waals surface area contributed by atoms with Crippen molar-refractivity contribution < 1.29 is 33.8 Å². The summed E-state index contributed by atoms with van der Waals surface area (Å²) in [7, 11) is 0. The Hall–Kier alpha value is -4.82. The molecule has 2 aliphatic heterocycles. The smallest absolute Gasteiger partial charge is 0.407 e. The number of rotatable bonds is 11. The highest BCUT2D eigenvalue weighted by Crippen LogP contribution is 2.43. The van der Waals surface area contributed by atoms with Crippen LogP contribution in [-0.2, 0) is 55.5 Å². The topological polar surface area (TPSA) is 204 Å². The molecule has 1 aliphatic carbocycles. The second-order valence-corrected chi connectivity index (χ2v) is 15.6. The molecule has 3 amide bonds. The van der Waals surface area contributed by atoms with Crippen molar-refractivity contribution in [3.8, 4) is 11.4 Å². The highest BCUT2D eigenvalue weighted by atomic mass is 16.6. The molecule has 0 saturated heterocycles. The molecule has 3 aromatic rings.